The van der Waals surface area contributed by atoms with Gasteiger partial charge in [-0.2, -0.15) is 0 Å². The summed E-state index contributed by atoms with van der Waals surface area (Å²) in [6, 6.07) is 22.5. The molecule has 3 rings (SSSR count). The molecule has 0 unspecified atom stereocenters. The zero-order valence-electron chi connectivity index (χ0n) is 10.9. The maximum Gasteiger partial charge on any atom is 0.0687 e. The van der Waals surface area contributed by atoms with Crippen molar-refractivity contribution < 1.29 is 0 Å². The van der Waals surface area contributed by atoms with Crippen molar-refractivity contribution in [3.05, 3.63) is 83.4 Å². The summed E-state index contributed by atoms with van der Waals surface area (Å²) < 4.78 is 0. The van der Waals surface area contributed by atoms with Crippen LogP contribution in [0.3, 0.4) is 0 Å². The van der Waals surface area contributed by atoms with E-state index in [1.807, 2.05) is 49.4 Å². The normalized spacial score (nSPS) is 10.6. The number of benzene rings is 3. The van der Waals surface area contributed by atoms with E-state index >= 15 is 0 Å². The summed E-state index contributed by atoms with van der Waals surface area (Å²) in [5.74, 6) is 0. The molecule has 0 aliphatic carbocycles. The Morgan fingerprint density at radius 1 is 0.789 bits per heavy atom. The van der Waals surface area contributed by atoms with Crippen molar-refractivity contribution in [1.29, 1.82) is 5.41 Å². The molecule has 92 valence electrons. The van der Waals surface area contributed by atoms with Crippen molar-refractivity contribution in [3.63, 3.8) is 0 Å². The predicted octanol–water partition coefficient (Wildman–Crippen LogP) is 4.56. The average molecular weight is 245 g/mol. The molecule has 0 atom stereocenters. The lowest BCUT2D eigenvalue weighted by Gasteiger charge is -2.08. The van der Waals surface area contributed by atoms with E-state index in [4.69, 9.17) is 5.41 Å². The Bertz CT molecular complexity index is 756. The summed E-state index contributed by atoms with van der Waals surface area (Å²) in [5, 5.41) is 10.8. The molecule has 0 aliphatic rings. The van der Waals surface area contributed by atoms with E-state index in [9.17, 15) is 0 Å². The fourth-order valence-corrected chi connectivity index (χ4v) is 2.35. The van der Waals surface area contributed by atoms with E-state index in [1.165, 1.54) is 10.8 Å². The second-order valence-corrected chi connectivity index (χ2v) is 4.75. The fourth-order valence-electron chi connectivity index (χ4n) is 2.35. The van der Waals surface area contributed by atoms with Crippen molar-refractivity contribution >= 4 is 16.5 Å². The topological polar surface area (TPSA) is 23.9 Å². The second-order valence-electron chi connectivity index (χ2n) is 4.75. The van der Waals surface area contributed by atoms with Crippen LogP contribution in [0.1, 0.15) is 16.7 Å². The summed E-state index contributed by atoms with van der Waals surface area (Å²) in [7, 11) is 0. The van der Waals surface area contributed by atoms with Gasteiger partial charge in [0.05, 0.1) is 5.71 Å². The van der Waals surface area contributed by atoms with E-state index in [0.29, 0.717) is 5.71 Å². The smallest absolute Gasteiger partial charge is 0.0687 e. The Hall–Kier alpha value is -2.41. The van der Waals surface area contributed by atoms with E-state index < -0.39 is 0 Å². The highest BCUT2D eigenvalue weighted by Gasteiger charge is 2.07. The predicted molar refractivity (Wildman–Crippen MR) is 81.1 cm³/mol. The monoisotopic (exact) mass is 245 g/mol. The van der Waals surface area contributed by atoms with Crippen LogP contribution in [-0.2, 0) is 0 Å². The van der Waals surface area contributed by atoms with Crippen LogP contribution >= 0.6 is 0 Å². The first-order chi connectivity index (χ1) is 9.25. The van der Waals surface area contributed by atoms with Crippen molar-refractivity contribution in [1.82, 2.24) is 0 Å². The van der Waals surface area contributed by atoms with Gasteiger partial charge in [-0.25, -0.2) is 0 Å². The molecule has 0 amide bonds. The van der Waals surface area contributed by atoms with Gasteiger partial charge in [-0.15, -0.1) is 0 Å². The number of hydrogen-bond donors (Lipinski definition) is 1. The molecule has 0 saturated carbocycles. The molecule has 1 heteroatoms. The quantitative estimate of drug-likeness (QED) is 0.640. The van der Waals surface area contributed by atoms with Gasteiger partial charge in [-0.1, -0.05) is 60.7 Å². The highest BCUT2D eigenvalue weighted by atomic mass is 14.4. The summed E-state index contributed by atoms with van der Waals surface area (Å²) in [4.78, 5) is 0. The Balaban J connectivity index is 2.09. The first kappa shape index (κ1) is 11.7. The van der Waals surface area contributed by atoms with Gasteiger partial charge in [-0.05, 0) is 29.3 Å². The zero-order valence-corrected chi connectivity index (χ0v) is 10.9. The van der Waals surface area contributed by atoms with Gasteiger partial charge in [0, 0.05) is 11.1 Å². The number of rotatable bonds is 2. The van der Waals surface area contributed by atoms with Gasteiger partial charge in [-0.3, -0.25) is 5.41 Å². The molecular weight excluding hydrogens is 230 g/mol. The summed E-state index contributed by atoms with van der Waals surface area (Å²) in [6.07, 6.45) is 0. The van der Waals surface area contributed by atoms with Crippen molar-refractivity contribution in [3.8, 4) is 0 Å². The summed E-state index contributed by atoms with van der Waals surface area (Å²) in [5.41, 5.74) is 3.69. The van der Waals surface area contributed by atoms with Crippen LogP contribution in [0.15, 0.2) is 66.7 Å². The molecule has 0 aromatic heterocycles. The van der Waals surface area contributed by atoms with Crippen molar-refractivity contribution in [2.24, 2.45) is 0 Å². The molecule has 3 aromatic carbocycles. The second kappa shape index (κ2) is 4.69. The minimum absolute atomic E-state index is 0.587. The SMILES string of the molecule is Cc1ccccc1C(=N)c1ccc2ccccc2c1. The van der Waals surface area contributed by atoms with E-state index in [0.717, 1.165) is 16.7 Å². The summed E-state index contributed by atoms with van der Waals surface area (Å²) >= 11 is 0. The van der Waals surface area contributed by atoms with Gasteiger partial charge < -0.3 is 0 Å². The van der Waals surface area contributed by atoms with Crippen LogP contribution in [0.4, 0.5) is 0 Å². The van der Waals surface area contributed by atoms with Crippen molar-refractivity contribution in [2.45, 2.75) is 6.92 Å². The van der Waals surface area contributed by atoms with Crippen LogP contribution in [0.5, 0.6) is 0 Å². The largest absolute Gasteiger partial charge is 0.300 e. The van der Waals surface area contributed by atoms with E-state index in [-0.39, 0.29) is 0 Å². The molecule has 3 aromatic rings. The Labute approximate surface area is 113 Å². The van der Waals surface area contributed by atoms with Gasteiger partial charge in [0.1, 0.15) is 0 Å². The average Bonchev–Trinajstić information content (AvgIpc) is 2.46. The number of hydrogen-bond acceptors (Lipinski definition) is 1. The summed E-state index contributed by atoms with van der Waals surface area (Å²) in [6.45, 7) is 2.05. The standard InChI is InChI=1S/C18H15N/c1-13-6-2-5-9-17(13)18(19)16-11-10-14-7-3-4-8-15(14)12-16/h2-12,19H,1H3. The minimum Gasteiger partial charge on any atom is -0.300 e. The first-order valence-electron chi connectivity index (χ1n) is 6.39. The van der Waals surface area contributed by atoms with Gasteiger partial charge in [0.15, 0.2) is 0 Å². The highest BCUT2D eigenvalue weighted by Crippen LogP contribution is 2.19. The lowest BCUT2D eigenvalue weighted by Crippen LogP contribution is -2.03. The number of aryl methyl sites for hydroxylation is 1. The number of nitrogens with one attached hydrogen (secondary N) is 1. The molecule has 0 heterocycles. The molecule has 0 radical (unpaired) electrons. The van der Waals surface area contributed by atoms with Crippen LogP contribution < -0.4 is 0 Å². The third-order valence-electron chi connectivity index (χ3n) is 3.45. The van der Waals surface area contributed by atoms with Gasteiger partial charge in [0.25, 0.3) is 0 Å². The van der Waals surface area contributed by atoms with Gasteiger partial charge >= 0.3 is 0 Å². The minimum atomic E-state index is 0.587. The Morgan fingerprint density at radius 3 is 2.26 bits per heavy atom. The van der Waals surface area contributed by atoms with Crippen molar-refractivity contribution in [2.75, 3.05) is 0 Å². The molecular formula is C18H15N. The van der Waals surface area contributed by atoms with Crippen LogP contribution in [0.25, 0.3) is 10.8 Å². The fraction of sp³-hybridized carbons (Fsp3) is 0.0556. The molecule has 0 spiro atoms. The maximum absolute atomic E-state index is 8.39. The highest BCUT2D eigenvalue weighted by molar-refractivity contribution is 6.13. The Kier molecular flexibility index (Phi) is 2.88. The Morgan fingerprint density at radius 2 is 1.47 bits per heavy atom. The lowest BCUT2D eigenvalue weighted by molar-refractivity contribution is 1.39. The number of fused-ring (bicyclic) bond motifs is 1. The maximum atomic E-state index is 8.39. The zero-order chi connectivity index (χ0) is 13.2. The molecule has 19 heavy (non-hydrogen) atoms. The molecule has 1 nitrogen and oxygen atoms in total. The molecule has 1 N–H and O–H groups in total. The van der Waals surface area contributed by atoms with Crippen LogP contribution in [0.2, 0.25) is 0 Å². The molecule has 0 fully saturated rings. The van der Waals surface area contributed by atoms with Crippen LogP contribution in [0, 0.1) is 12.3 Å². The molecule has 0 aliphatic heterocycles. The third kappa shape index (κ3) is 2.15. The van der Waals surface area contributed by atoms with E-state index in [1.54, 1.807) is 0 Å². The van der Waals surface area contributed by atoms with Crippen LogP contribution in [-0.4, -0.2) is 5.71 Å². The molecule has 0 saturated heterocycles. The first-order valence-corrected chi connectivity index (χ1v) is 6.39. The lowest BCUT2D eigenvalue weighted by atomic mass is 9.96. The van der Waals surface area contributed by atoms with Gasteiger partial charge in [0.2, 0.25) is 0 Å². The molecule has 0 bridgehead atoms. The van der Waals surface area contributed by atoms with E-state index in [2.05, 4.69) is 24.3 Å². The third-order valence-corrected chi connectivity index (χ3v) is 3.45.